The second-order valence-electron chi connectivity index (χ2n) is 10.2. The number of nitrogens with zero attached hydrogens (tertiary/aromatic N) is 7. The second-order valence-corrected chi connectivity index (χ2v) is 10.2. The van der Waals surface area contributed by atoms with Gasteiger partial charge in [0.05, 0.1) is 23.3 Å². The largest absolute Gasteiger partial charge is 0.380 e. The fourth-order valence-electron chi connectivity index (χ4n) is 5.20. The van der Waals surface area contributed by atoms with Crippen LogP contribution >= 0.6 is 0 Å². The Labute approximate surface area is 220 Å². The maximum Gasteiger partial charge on any atom is 0.261 e. The first-order chi connectivity index (χ1) is 18.4. The van der Waals surface area contributed by atoms with Crippen LogP contribution in [0.25, 0.3) is 22.6 Å². The second kappa shape index (κ2) is 9.64. The molecule has 2 atom stereocenters. The maximum absolute atomic E-state index is 12.7. The van der Waals surface area contributed by atoms with Crippen LogP contribution < -0.4 is 5.73 Å². The summed E-state index contributed by atoms with van der Waals surface area (Å²) >= 11 is 0. The average molecular weight is 515 g/mol. The number of amides is 1. The fraction of sp³-hybridized carbons (Fsp3) is 0.407. The van der Waals surface area contributed by atoms with Crippen LogP contribution in [-0.2, 0) is 21.5 Å². The Morgan fingerprint density at radius 1 is 1.11 bits per heavy atom. The number of ether oxygens (including phenoxy) is 1. The molecule has 0 bridgehead atoms. The first-order valence-corrected chi connectivity index (χ1v) is 12.8. The van der Waals surface area contributed by atoms with Crippen molar-refractivity contribution in [3.8, 4) is 22.6 Å². The zero-order valence-corrected chi connectivity index (χ0v) is 21.4. The molecule has 2 fully saturated rings. The summed E-state index contributed by atoms with van der Waals surface area (Å²) in [6, 6.07) is 8.33. The van der Waals surface area contributed by atoms with Gasteiger partial charge in [-0.1, -0.05) is 29.4 Å². The molecule has 1 saturated heterocycles. The van der Waals surface area contributed by atoms with Crippen molar-refractivity contribution in [1.29, 1.82) is 0 Å². The number of aromatic nitrogens is 6. The van der Waals surface area contributed by atoms with Gasteiger partial charge in [0.15, 0.2) is 5.82 Å². The summed E-state index contributed by atoms with van der Waals surface area (Å²) in [5.41, 5.74) is 8.94. The molecular weight excluding hydrogens is 484 g/mol. The Morgan fingerprint density at radius 2 is 1.87 bits per heavy atom. The Morgan fingerprint density at radius 3 is 2.55 bits per heavy atom. The van der Waals surface area contributed by atoms with Gasteiger partial charge in [-0.3, -0.25) is 9.48 Å². The lowest BCUT2D eigenvalue weighted by atomic mass is 9.77. The molecule has 2 N–H and O–H groups in total. The lowest BCUT2D eigenvalue weighted by molar-refractivity contribution is -0.131. The first-order valence-electron chi connectivity index (χ1n) is 12.8. The van der Waals surface area contributed by atoms with Gasteiger partial charge in [-0.15, -0.1) is 0 Å². The number of rotatable bonds is 8. The van der Waals surface area contributed by atoms with Crippen LogP contribution in [0.1, 0.15) is 37.6 Å². The Kier molecular flexibility index (Phi) is 6.15. The molecule has 1 aliphatic heterocycles. The molecule has 1 amide bonds. The summed E-state index contributed by atoms with van der Waals surface area (Å²) in [4.78, 5) is 27.5. The van der Waals surface area contributed by atoms with E-state index in [1.54, 1.807) is 36.6 Å². The summed E-state index contributed by atoms with van der Waals surface area (Å²) in [6.45, 7) is 3.65. The lowest BCUT2D eigenvalue weighted by Gasteiger charge is -2.27. The van der Waals surface area contributed by atoms with Crippen molar-refractivity contribution in [3.05, 3.63) is 60.4 Å². The van der Waals surface area contributed by atoms with Gasteiger partial charge in [-0.25, -0.2) is 9.97 Å². The number of methoxy groups -OCH3 is 1. The van der Waals surface area contributed by atoms with Crippen molar-refractivity contribution in [2.24, 2.45) is 5.92 Å². The minimum atomic E-state index is -0.391. The molecule has 11 nitrogen and oxygen atoms in total. The van der Waals surface area contributed by atoms with E-state index in [9.17, 15) is 4.79 Å². The number of anilines is 1. The quantitative estimate of drug-likeness (QED) is 0.376. The third-order valence-electron chi connectivity index (χ3n) is 7.78. The van der Waals surface area contributed by atoms with Crippen LogP contribution in [0.2, 0.25) is 0 Å². The molecule has 38 heavy (non-hydrogen) atoms. The van der Waals surface area contributed by atoms with Gasteiger partial charge in [0.25, 0.3) is 5.89 Å². The number of likely N-dealkylation sites (tertiary alicyclic amines) is 1. The molecule has 1 aliphatic carbocycles. The molecule has 2 aliphatic rings. The van der Waals surface area contributed by atoms with E-state index >= 15 is 0 Å². The smallest absolute Gasteiger partial charge is 0.261 e. The third-order valence-corrected chi connectivity index (χ3v) is 7.78. The van der Waals surface area contributed by atoms with E-state index in [1.807, 2.05) is 4.90 Å². The van der Waals surface area contributed by atoms with Crippen molar-refractivity contribution in [2.75, 3.05) is 25.9 Å². The monoisotopic (exact) mass is 514 g/mol. The molecule has 11 heteroatoms. The van der Waals surface area contributed by atoms with E-state index < -0.39 is 5.41 Å². The highest BCUT2D eigenvalue weighted by Gasteiger charge is 2.47. The van der Waals surface area contributed by atoms with Crippen LogP contribution in [0, 0.1) is 5.92 Å². The molecular formula is C27H30N8O3. The van der Waals surface area contributed by atoms with Gasteiger partial charge >= 0.3 is 0 Å². The number of nitrogens with two attached hydrogens (primary N) is 1. The predicted octanol–water partition coefficient (Wildman–Crippen LogP) is 2.94. The van der Waals surface area contributed by atoms with Crippen LogP contribution in [0.3, 0.4) is 0 Å². The molecule has 4 aromatic rings. The Bertz CT molecular complexity index is 1430. The number of carbonyl (C=O) groups is 1. The van der Waals surface area contributed by atoms with Crippen molar-refractivity contribution in [1.82, 2.24) is 34.8 Å². The highest BCUT2D eigenvalue weighted by molar-refractivity contribution is 5.76. The molecule has 4 heterocycles. The third kappa shape index (κ3) is 4.53. The van der Waals surface area contributed by atoms with E-state index in [2.05, 4.69) is 51.4 Å². The van der Waals surface area contributed by atoms with Gasteiger partial charge in [0.2, 0.25) is 11.9 Å². The molecule has 0 radical (unpaired) electrons. The van der Waals surface area contributed by atoms with E-state index in [0.717, 1.165) is 36.0 Å². The van der Waals surface area contributed by atoms with Gasteiger partial charge in [0.1, 0.15) is 6.54 Å². The number of benzene rings is 1. The van der Waals surface area contributed by atoms with E-state index in [1.165, 1.54) is 0 Å². The summed E-state index contributed by atoms with van der Waals surface area (Å²) in [5, 5.41) is 8.75. The predicted molar refractivity (Wildman–Crippen MR) is 139 cm³/mol. The zero-order chi connectivity index (χ0) is 26.3. The topological polar surface area (TPSA) is 138 Å². The molecule has 3 aromatic heterocycles. The minimum Gasteiger partial charge on any atom is -0.380 e. The van der Waals surface area contributed by atoms with Crippen molar-refractivity contribution in [2.45, 2.75) is 44.2 Å². The van der Waals surface area contributed by atoms with Crippen molar-refractivity contribution < 1.29 is 14.1 Å². The van der Waals surface area contributed by atoms with Crippen LogP contribution in [0.15, 0.2) is 53.6 Å². The standard InChI is InChI=1S/C27H30N8O3/c1-27(21-7-8-21,20-5-3-17(4-6-20)18-11-29-26(28)30-12-18)25-32-24(38-33-25)19-13-31-35(14-19)16-23(36)34-10-9-22(15-34)37-2/h3-6,11-14,21-22H,7-10,15-16H2,1-2H3,(H2,28,29,30)/t22-,27-/m1/s1. The minimum absolute atomic E-state index is 0.0145. The molecule has 1 aromatic carbocycles. The molecule has 0 unspecified atom stereocenters. The molecule has 196 valence electrons. The average Bonchev–Trinajstić information content (AvgIpc) is 3.31. The zero-order valence-electron chi connectivity index (χ0n) is 21.4. The SMILES string of the molecule is CO[C@@H]1CCN(C(=O)Cn2cc(-c3nc([C@](C)(c4ccc(-c5cnc(N)nc5)cc4)C4CC4)no3)cn2)C1. The van der Waals surface area contributed by atoms with E-state index in [-0.39, 0.29) is 24.5 Å². The maximum atomic E-state index is 12.7. The first kappa shape index (κ1) is 24.2. The fourth-order valence-corrected chi connectivity index (χ4v) is 5.20. The summed E-state index contributed by atoms with van der Waals surface area (Å²) in [6.07, 6.45) is 10.0. The van der Waals surface area contributed by atoms with Crippen LogP contribution in [0.4, 0.5) is 5.95 Å². The normalized spacial score (nSPS) is 19.0. The van der Waals surface area contributed by atoms with Gasteiger partial charge < -0.3 is 19.9 Å². The van der Waals surface area contributed by atoms with Gasteiger partial charge in [-0.2, -0.15) is 10.1 Å². The van der Waals surface area contributed by atoms with Crippen molar-refractivity contribution >= 4 is 11.9 Å². The number of carbonyl (C=O) groups excluding carboxylic acids is 1. The number of hydrogen-bond donors (Lipinski definition) is 1. The van der Waals surface area contributed by atoms with Crippen molar-refractivity contribution in [3.63, 3.8) is 0 Å². The summed E-state index contributed by atoms with van der Waals surface area (Å²) in [5.74, 6) is 1.73. The van der Waals surface area contributed by atoms with Crippen LogP contribution in [-0.4, -0.2) is 67.0 Å². The molecule has 1 saturated carbocycles. The van der Waals surface area contributed by atoms with Crippen LogP contribution in [0.5, 0.6) is 0 Å². The Balaban J connectivity index is 1.20. The summed E-state index contributed by atoms with van der Waals surface area (Å²) in [7, 11) is 1.68. The lowest BCUT2D eigenvalue weighted by Crippen LogP contribution is -2.33. The highest BCUT2D eigenvalue weighted by Crippen LogP contribution is 2.50. The highest BCUT2D eigenvalue weighted by atomic mass is 16.5. The summed E-state index contributed by atoms with van der Waals surface area (Å²) < 4.78 is 12.7. The number of hydrogen-bond acceptors (Lipinski definition) is 9. The van der Waals surface area contributed by atoms with E-state index in [0.29, 0.717) is 36.3 Å². The molecule has 6 rings (SSSR count). The Hall–Kier alpha value is -4.12. The van der Waals surface area contributed by atoms with Gasteiger partial charge in [0, 0.05) is 44.4 Å². The number of nitrogen functional groups attached to an aromatic ring is 1. The van der Waals surface area contributed by atoms with E-state index in [4.69, 9.17) is 20.0 Å². The van der Waals surface area contributed by atoms with Gasteiger partial charge in [-0.05, 0) is 43.2 Å². The molecule has 0 spiro atoms.